The standard InChI is InChI=1S/C22H18N2O3S/c1-12(2)26-14-9-7-13(8-10-14)18-16(11-23)21(24)27-20-15-5-3-4-6-17(15)28-22(25)19(18)20/h3-10,12,18H,24H2,1-2H3. The molecule has 2 N–H and O–H groups in total. The van der Waals surface area contributed by atoms with Gasteiger partial charge in [0.05, 0.1) is 17.6 Å². The van der Waals surface area contributed by atoms with E-state index in [0.717, 1.165) is 32.7 Å². The lowest BCUT2D eigenvalue weighted by Gasteiger charge is -2.26. The Labute approximate surface area is 166 Å². The van der Waals surface area contributed by atoms with E-state index in [1.165, 1.54) is 0 Å². The van der Waals surface area contributed by atoms with Crippen molar-refractivity contribution in [2.45, 2.75) is 25.9 Å². The monoisotopic (exact) mass is 390 g/mol. The molecule has 2 heterocycles. The fourth-order valence-corrected chi connectivity index (χ4v) is 4.35. The van der Waals surface area contributed by atoms with Crippen LogP contribution in [0.3, 0.4) is 0 Å². The molecule has 3 aromatic rings. The summed E-state index contributed by atoms with van der Waals surface area (Å²) in [5.41, 5.74) is 7.56. The van der Waals surface area contributed by atoms with Gasteiger partial charge < -0.3 is 15.2 Å². The Balaban J connectivity index is 1.93. The number of benzene rings is 2. The van der Waals surface area contributed by atoms with Gasteiger partial charge in [0.1, 0.15) is 23.1 Å². The number of hydrogen-bond donors (Lipinski definition) is 1. The van der Waals surface area contributed by atoms with Crippen molar-refractivity contribution in [2.75, 3.05) is 0 Å². The van der Waals surface area contributed by atoms with E-state index in [1.807, 2.05) is 62.4 Å². The Bertz CT molecular complexity index is 1190. The summed E-state index contributed by atoms with van der Waals surface area (Å²) in [6.45, 7) is 3.91. The highest BCUT2D eigenvalue weighted by atomic mass is 32.1. The minimum atomic E-state index is -0.574. The smallest absolute Gasteiger partial charge is 0.240 e. The molecule has 140 valence electrons. The zero-order valence-electron chi connectivity index (χ0n) is 15.4. The van der Waals surface area contributed by atoms with Gasteiger partial charge in [-0.2, -0.15) is 5.26 Å². The number of nitrogens with two attached hydrogens (primary N) is 1. The van der Waals surface area contributed by atoms with Crippen LogP contribution in [-0.2, 0) is 0 Å². The summed E-state index contributed by atoms with van der Waals surface area (Å²) in [6, 6.07) is 17.1. The number of ether oxygens (including phenoxy) is 2. The number of hydrogen-bond acceptors (Lipinski definition) is 6. The Kier molecular flexibility index (Phi) is 4.54. The van der Waals surface area contributed by atoms with Gasteiger partial charge in [0.15, 0.2) is 0 Å². The zero-order valence-corrected chi connectivity index (χ0v) is 16.2. The van der Waals surface area contributed by atoms with E-state index in [-0.39, 0.29) is 22.3 Å². The van der Waals surface area contributed by atoms with Gasteiger partial charge in [-0.3, -0.25) is 4.79 Å². The van der Waals surface area contributed by atoms with Crippen LogP contribution in [0.2, 0.25) is 0 Å². The average molecular weight is 390 g/mol. The first-order valence-electron chi connectivity index (χ1n) is 8.89. The predicted octanol–water partition coefficient (Wildman–Crippen LogP) is 4.27. The van der Waals surface area contributed by atoms with Gasteiger partial charge in [-0.25, -0.2) is 0 Å². The number of rotatable bonds is 3. The van der Waals surface area contributed by atoms with Crippen molar-refractivity contribution in [2.24, 2.45) is 5.73 Å². The quantitative estimate of drug-likeness (QED) is 0.722. The average Bonchev–Trinajstić information content (AvgIpc) is 2.67. The summed E-state index contributed by atoms with van der Waals surface area (Å²) in [7, 11) is 0. The number of nitrogens with zero attached hydrogens (tertiary/aromatic N) is 1. The minimum absolute atomic E-state index is 0.0308. The highest BCUT2D eigenvalue weighted by Gasteiger charge is 2.34. The molecule has 28 heavy (non-hydrogen) atoms. The molecule has 1 aromatic heterocycles. The molecule has 1 atom stereocenters. The van der Waals surface area contributed by atoms with Crippen molar-refractivity contribution in [3.05, 3.63) is 80.7 Å². The summed E-state index contributed by atoms with van der Waals surface area (Å²) in [6.07, 6.45) is 0.0567. The maximum absolute atomic E-state index is 13.0. The predicted molar refractivity (Wildman–Crippen MR) is 110 cm³/mol. The third-order valence-corrected chi connectivity index (χ3v) is 5.54. The molecule has 0 saturated heterocycles. The van der Waals surface area contributed by atoms with E-state index in [9.17, 15) is 10.1 Å². The third-order valence-electron chi connectivity index (χ3n) is 4.56. The van der Waals surface area contributed by atoms with Gasteiger partial charge in [0.2, 0.25) is 10.6 Å². The highest BCUT2D eigenvalue weighted by molar-refractivity contribution is 7.16. The summed E-state index contributed by atoms with van der Waals surface area (Å²) >= 11 is 1.15. The Morgan fingerprint density at radius 1 is 1.18 bits per heavy atom. The molecule has 1 aliphatic heterocycles. The Hall–Kier alpha value is -3.30. The van der Waals surface area contributed by atoms with Crippen LogP contribution in [0.15, 0.2) is 64.8 Å². The molecule has 6 heteroatoms. The van der Waals surface area contributed by atoms with Crippen LogP contribution < -0.4 is 19.9 Å². The van der Waals surface area contributed by atoms with Crippen molar-refractivity contribution in [3.8, 4) is 17.6 Å². The fraction of sp³-hybridized carbons (Fsp3) is 0.182. The lowest BCUT2D eigenvalue weighted by atomic mass is 9.84. The molecule has 1 aliphatic rings. The van der Waals surface area contributed by atoms with Crippen LogP contribution >= 0.6 is 11.3 Å². The van der Waals surface area contributed by atoms with Gasteiger partial charge in [-0.1, -0.05) is 35.6 Å². The van der Waals surface area contributed by atoms with E-state index in [4.69, 9.17) is 15.2 Å². The van der Waals surface area contributed by atoms with Crippen LogP contribution in [0.4, 0.5) is 0 Å². The molecule has 1 unspecified atom stereocenters. The van der Waals surface area contributed by atoms with Crippen LogP contribution in [-0.4, -0.2) is 6.10 Å². The molecule has 0 spiro atoms. The van der Waals surface area contributed by atoms with Gasteiger partial charge in [0, 0.05) is 10.1 Å². The van der Waals surface area contributed by atoms with Crippen molar-refractivity contribution in [1.82, 2.24) is 0 Å². The second kappa shape index (κ2) is 7.02. The third kappa shape index (κ3) is 3.00. The largest absolute Gasteiger partial charge is 0.491 e. The van der Waals surface area contributed by atoms with Crippen LogP contribution in [0.5, 0.6) is 11.5 Å². The molecule has 0 amide bonds. The molecule has 0 fully saturated rings. The van der Waals surface area contributed by atoms with Gasteiger partial charge in [-0.05, 0) is 43.7 Å². The zero-order chi connectivity index (χ0) is 19.8. The molecule has 0 saturated carbocycles. The van der Waals surface area contributed by atoms with Crippen LogP contribution in [0.1, 0.15) is 30.9 Å². The fourth-order valence-electron chi connectivity index (χ4n) is 3.41. The Morgan fingerprint density at radius 3 is 2.57 bits per heavy atom. The first-order valence-corrected chi connectivity index (χ1v) is 9.71. The van der Waals surface area contributed by atoms with E-state index >= 15 is 0 Å². The number of nitriles is 1. The van der Waals surface area contributed by atoms with Gasteiger partial charge in [0.25, 0.3) is 0 Å². The maximum Gasteiger partial charge on any atom is 0.240 e. The number of allylic oxidation sites excluding steroid dienone is 1. The second-order valence-corrected chi connectivity index (χ2v) is 7.80. The molecule has 0 radical (unpaired) electrons. The van der Waals surface area contributed by atoms with Crippen molar-refractivity contribution in [3.63, 3.8) is 0 Å². The molecule has 0 bridgehead atoms. The van der Waals surface area contributed by atoms with Gasteiger partial charge in [-0.15, -0.1) is 0 Å². The van der Waals surface area contributed by atoms with E-state index in [2.05, 4.69) is 6.07 Å². The molecule has 2 aromatic carbocycles. The molecular weight excluding hydrogens is 372 g/mol. The van der Waals surface area contributed by atoms with Gasteiger partial charge >= 0.3 is 0 Å². The van der Waals surface area contributed by atoms with E-state index in [1.54, 1.807) is 0 Å². The first kappa shape index (κ1) is 18.1. The second-order valence-electron chi connectivity index (χ2n) is 6.79. The summed E-state index contributed by atoms with van der Waals surface area (Å²) in [4.78, 5) is 13.0. The van der Waals surface area contributed by atoms with E-state index < -0.39 is 5.92 Å². The minimum Gasteiger partial charge on any atom is -0.491 e. The summed E-state index contributed by atoms with van der Waals surface area (Å²) in [5.74, 6) is 0.618. The molecule has 0 aliphatic carbocycles. The lowest BCUT2D eigenvalue weighted by molar-refractivity contribution is 0.242. The molecular formula is C22H18N2O3S. The molecule has 4 rings (SSSR count). The summed E-state index contributed by atoms with van der Waals surface area (Å²) in [5, 5.41) is 10.5. The van der Waals surface area contributed by atoms with E-state index in [0.29, 0.717) is 11.3 Å². The SMILES string of the molecule is CC(C)Oc1ccc(C2C(C#N)=C(N)Oc3c2c(=O)sc2ccccc32)cc1. The first-order chi connectivity index (χ1) is 13.5. The normalized spacial score (nSPS) is 15.9. The van der Waals surface area contributed by atoms with Crippen molar-refractivity contribution < 1.29 is 9.47 Å². The lowest BCUT2D eigenvalue weighted by Crippen LogP contribution is -2.25. The topological polar surface area (TPSA) is 85.3 Å². The van der Waals surface area contributed by atoms with Crippen LogP contribution in [0, 0.1) is 11.3 Å². The number of fused-ring (bicyclic) bond motifs is 3. The van der Waals surface area contributed by atoms with Crippen molar-refractivity contribution >= 4 is 21.4 Å². The molecule has 5 nitrogen and oxygen atoms in total. The van der Waals surface area contributed by atoms with Crippen molar-refractivity contribution in [1.29, 1.82) is 5.26 Å². The summed E-state index contributed by atoms with van der Waals surface area (Å²) < 4.78 is 12.2. The van der Waals surface area contributed by atoms with Crippen LogP contribution in [0.25, 0.3) is 10.1 Å². The highest BCUT2D eigenvalue weighted by Crippen LogP contribution is 2.44. The Morgan fingerprint density at radius 2 is 1.89 bits per heavy atom. The maximum atomic E-state index is 13.0.